The van der Waals surface area contributed by atoms with Crippen molar-refractivity contribution >= 4 is 0 Å². The summed E-state index contributed by atoms with van der Waals surface area (Å²) in [5.74, 6) is 7.20. The summed E-state index contributed by atoms with van der Waals surface area (Å²) in [5, 5.41) is 0. The minimum atomic E-state index is 0.314. The van der Waals surface area contributed by atoms with E-state index in [-0.39, 0.29) is 0 Å². The molecule has 0 aliphatic rings. The number of rotatable bonds is 5. The average Bonchev–Trinajstić information content (AvgIpc) is 2.37. The fraction of sp³-hybridized carbons (Fsp3) is 0.385. The van der Waals surface area contributed by atoms with Crippen LogP contribution in [0.25, 0.3) is 0 Å². The van der Waals surface area contributed by atoms with E-state index in [1.807, 2.05) is 18.2 Å². The van der Waals surface area contributed by atoms with Gasteiger partial charge in [0.05, 0.1) is 25.8 Å². The SMILES string of the molecule is COCCOc1ccc(OC)cc1C#CCN. The van der Waals surface area contributed by atoms with Crippen LogP contribution in [0.3, 0.4) is 0 Å². The summed E-state index contributed by atoms with van der Waals surface area (Å²) in [7, 11) is 3.24. The molecule has 0 atom stereocenters. The Morgan fingerprint density at radius 3 is 2.71 bits per heavy atom. The zero-order valence-corrected chi connectivity index (χ0v) is 10.2. The molecular weight excluding hydrogens is 218 g/mol. The molecule has 0 aromatic heterocycles. The van der Waals surface area contributed by atoms with Crippen LogP contribution in [0.2, 0.25) is 0 Å². The number of ether oxygens (including phenoxy) is 3. The van der Waals surface area contributed by atoms with Crippen molar-refractivity contribution in [2.24, 2.45) is 5.73 Å². The van der Waals surface area contributed by atoms with Gasteiger partial charge in [-0.15, -0.1) is 0 Å². The van der Waals surface area contributed by atoms with Crippen molar-refractivity contribution < 1.29 is 14.2 Å². The second-order valence-corrected chi connectivity index (χ2v) is 3.21. The van der Waals surface area contributed by atoms with Gasteiger partial charge in [0.1, 0.15) is 18.1 Å². The summed E-state index contributed by atoms with van der Waals surface area (Å²) >= 11 is 0. The maximum atomic E-state index is 5.55. The molecule has 0 fully saturated rings. The highest BCUT2D eigenvalue weighted by atomic mass is 16.5. The maximum absolute atomic E-state index is 5.55. The normalized spacial score (nSPS) is 9.35. The van der Waals surface area contributed by atoms with E-state index in [1.165, 1.54) is 0 Å². The standard InChI is InChI=1S/C13H17NO3/c1-15-8-9-17-13-6-5-12(16-2)10-11(13)4-3-7-14/h5-6,10H,7-9,14H2,1-2H3. The number of nitrogens with two attached hydrogens (primary N) is 1. The van der Waals surface area contributed by atoms with Crippen LogP contribution >= 0.6 is 0 Å². The topological polar surface area (TPSA) is 53.7 Å². The largest absolute Gasteiger partial charge is 0.497 e. The Bertz CT molecular complexity index is 407. The molecule has 4 nitrogen and oxygen atoms in total. The second kappa shape index (κ2) is 7.55. The molecule has 0 heterocycles. The first kappa shape index (κ1) is 13.4. The van der Waals surface area contributed by atoms with Gasteiger partial charge in [-0.1, -0.05) is 11.8 Å². The van der Waals surface area contributed by atoms with Crippen LogP contribution < -0.4 is 15.2 Å². The van der Waals surface area contributed by atoms with Crippen molar-refractivity contribution in [2.45, 2.75) is 0 Å². The summed E-state index contributed by atoms with van der Waals surface area (Å²) in [6, 6.07) is 5.48. The molecule has 17 heavy (non-hydrogen) atoms. The van der Waals surface area contributed by atoms with Gasteiger partial charge < -0.3 is 19.9 Å². The summed E-state index contributed by atoms with van der Waals surface area (Å²) < 4.78 is 15.6. The molecule has 0 aliphatic carbocycles. The van der Waals surface area contributed by atoms with E-state index in [2.05, 4.69) is 11.8 Å². The van der Waals surface area contributed by atoms with Crippen molar-refractivity contribution in [1.29, 1.82) is 0 Å². The molecule has 1 aromatic rings. The lowest BCUT2D eigenvalue weighted by atomic mass is 10.2. The van der Waals surface area contributed by atoms with Gasteiger partial charge in [-0.2, -0.15) is 0 Å². The molecule has 0 radical (unpaired) electrons. The number of hydrogen-bond donors (Lipinski definition) is 1. The van der Waals surface area contributed by atoms with Crippen LogP contribution in [0.5, 0.6) is 11.5 Å². The molecule has 0 unspecified atom stereocenters. The van der Waals surface area contributed by atoms with Gasteiger partial charge in [0.25, 0.3) is 0 Å². The van der Waals surface area contributed by atoms with Crippen LogP contribution in [0, 0.1) is 11.8 Å². The highest BCUT2D eigenvalue weighted by Gasteiger charge is 2.03. The molecule has 1 rings (SSSR count). The average molecular weight is 235 g/mol. The quantitative estimate of drug-likeness (QED) is 0.612. The summed E-state index contributed by atoms with van der Waals surface area (Å²) in [5.41, 5.74) is 6.12. The van der Waals surface area contributed by atoms with E-state index in [1.54, 1.807) is 14.2 Å². The minimum absolute atomic E-state index is 0.314. The van der Waals surface area contributed by atoms with Crippen LogP contribution in [-0.4, -0.2) is 34.0 Å². The van der Waals surface area contributed by atoms with Crippen LogP contribution in [-0.2, 0) is 4.74 Å². The molecule has 0 bridgehead atoms. The fourth-order valence-corrected chi connectivity index (χ4v) is 1.24. The Morgan fingerprint density at radius 2 is 2.06 bits per heavy atom. The third-order valence-electron chi connectivity index (χ3n) is 2.06. The van der Waals surface area contributed by atoms with E-state index < -0.39 is 0 Å². The van der Waals surface area contributed by atoms with E-state index in [9.17, 15) is 0 Å². The molecule has 1 aromatic carbocycles. The Kier molecular flexibility index (Phi) is 5.94. The molecule has 0 saturated carbocycles. The monoisotopic (exact) mass is 235 g/mol. The number of hydrogen-bond acceptors (Lipinski definition) is 4. The van der Waals surface area contributed by atoms with Gasteiger partial charge in [0.2, 0.25) is 0 Å². The molecular formula is C13H17NO3. The molecule has 4 heteroatoms. The number of benzene rings is 1. The molecule has 0 saturated heterocycles. The van der Waals surface area contributed by atoms with Gasteiger partial charge >= 0.3 is 0 Å². The Balaban J connectivity index is 2.86. The lowest BCUT2D eigenvalue weighted by Crippen LogP contribution is -2.05. The fourth-order valence-electron chi connectivity index (χ4n) is 1.24. The van der Waals surface area contributed by atoms with E-state index in [4.69, 9.17) is 19.9 Å². The predicted molar refractivity (Wildman–Crippen MR) is 66.3 cm³/mol. The Labute approximate surface area is 102 Å². The third-order valence-corrected chi connectivity index (χ3v) is 2.06. The van der Waals surface area contributed by atoms with Crippen LogP contribution in [0.15, 0.2) is 18.2 Å². The van der Waals surface area contributed by atoms with Gasteiger partial charge in [-0.3, -0.25) is 0 Å². The zero-order chi connectivity index (χ0) is 12.5. The summed E-state index contributed by atoms with van der Waals surface area (Å²) in [6.07, 6.45) is 0. The Morgan fingerprint density at radius 1 is 1.24 bits per heavy atom. The zero-order valence-electron chi connectivity index (χ0n) is 10.2. The van der Waals surface area contributed by atoms with Crippen LogP contribution in [0.1, 0.15) is 5.56 Å². The van der Waals surface area contributed by atoms with Crippen molar-refractivity contribution in [3.05, 3.63) is 23.8 Å². The molecule has 2 N–H and O–H groups in total. The molecule has 0 spiro atoms. The predicted octanol–water partition coefficient (Wildman–Crippen LogP) is 1.03. The Hall–Kier alpha value is -1.70. The smallest absolute Gasteiger partial charge is 0.135 e. The molecule has 92 valence electrons. The van der Waals surface area contributed by atoms with Gasteiger partial charge in [0.15, 0.2) is 0 Å². The summed E-state index contributed by atoms with van der Waals surface area (Å²) in [6.45, 7) is 1.34. The lowest BCUT2D eigenvalue weighted by molar-refractivity contribution is 0.146. The molecule has 0 amide bonds. The maximum Gasteiger partial charge on any atom is 0.135 e. The third kappa shape index (κ3) is 4.35. The highest BCUT2D eigenvalue weighted by Crippen LogP contribution is 2.23. The van der Waals surface area contributed by atoms with E-state index in [0.29, 0.717) is 25.5 Å². The highest BCUT2D eigenvalue weighted by molar-refractivity contribution is 5.50. The van der Waals surface area contributed by atoms with Gasteiger partial charge in [-0.25, -0.2) is 0 Å². The van der Waals surface area contributed by atoms with Gasteiger partial charge in [0, 0.05) is 7.11 Å². The van der Waals surface area contributed by atoms with Gasteiger partial charge in [-0.05, 0) is 18.2 Å². The van der Waals surface area contributed by atoms with Crippen molar-refractivity contribution in [3.63, 3.8) is 0 Å². The first-order chi connectivity index (χ1) is 8.31. The first-order valence-corrected chi connectivity index (χ1v) is 5.30. The number of methoxy groups -OCH3 is 2. The molecule has 0 aliphatic heterocycles. The van der Waals surface area contributed by atoms with Crippen molar-refractivity contribution in [3.8, 4) is 23.3 Å². The van der Waals surface area contributed by atoms with Crippen molar-refractivity contribution in [2.75, 3.05) is 34.0 Å². The minimum Gasteiger partial charge on any atom is -0.497 e. The van der Waals surface area contributed by atoms with Crippen LogP contribution in [0.4, 0.5) is 0 Å². The van der Waals surface area contributed by atoms with E-state index in [0.717, 1.165) is 11.3 Å². The summed E-state index contributed by atoms with van der Waals surface area (Å²) in [4.78, 5) is 0. The first-order valence-electron chi connectivity index (χ1n) is 5.30. The second-order valence-electron chi connectivity index (χ2n) is 3.21. The van der Waals surface area contributed by atoms with Crippen molar-refractivity contribution in [1.82, 2.24) is 0 Å². The van der Waals surface area contributed by atoms with E-state index >= 15 is 0 Å². The lowest BCUT2D eigenvalue weighted by Gasteiger charge is -2.09.